The number of benzene rings is 2. The Morgan fingerprint density at radius 3 is 2.20 bits per heavy atom. The number of rotatable bonds is 16. The first-order valence-corrected chi connectivity index (χ1v) is 15.5. The van der Waals surface area contributed by atoms with Gasteiger partial charge >= 0.3 is 11.9 Å². The number of aliphatic carboxylic acids is 2. The number of hydrogen-bond donors (Lipinski definition) is 5. The van der Waals surface area contributed by atoms with Gasteiger partial charge in [-0.1, -0.05) is 55.5 Å². The molecule has 0 saturated carbocycles. The van der Waals surface area contributed by atoms with Crippen molar-refractivity contribution in [2.45, 2.75) is 70.1 Å². The standard InChI is InChI=1S/C35H42FNO8/c1-21-19-27(15-11-23(21)12-16-28(39)20-38)37-32(29(33(37)41)17-18-31(40)24-9-13-26(36)14-10-24)25-7-5-22(6-8-25)3-2-4-30(34(42)43)35(44)45/h5-11,13-15,19,21,23,28-32,38-40H,2-4,12,16-18,20H2,1H3,(H,42,43)(H,44,45). The van der Waals surface area contributed by atoms with Crippen LogP contribution >= 0.6 is 0 Å². The maximum Gasteiger partial charge on any atom is 0.317 e. The van der Waals surface area contributed by atoms with Crippen LogP contribution in [0.1, 0.15) is 74.3 Å². The van der Waals surface area contributed by atoms with Gasteiger partial charge in [0.1, 0.15) is 5.82 Å². The summed E-state index contributed by atoms with van der Waals surface area (Å²) in [7, 11) is 0. The Hall–Kier alpha value is -3.86. The number of aryl methyl sites for hydroxylation is 1. The number of β-lactam (4-membered cyclic amide) rings is 1. The number of carbonyl (C=O) groups excluding carboxylic acids is 1. The predicted molar refractivity (Wildman–Crippen MR) is 164 cm³/mol. The van der Waals surface area contributed by atoms with Gasteiger partial charge in [0.25, 0.3) is 0 Å². The van der Waals surface area contributed by atoms with Gasteiger partial charge < -0.3 is 30.4 Å². The Morgan fingerprint density at radius 2 is 1.60 bits per heavy atom. The molecule has 0 radical (unpaired) electrons. The van der Waals surface area contributed by atoms with E-state index in [1.54, 1.807) is 4.90 Å². The zero-order valence-electron chi connectivity index (χ0n) is 25.3. The van der Waals surface area contributed by atoms with Gasteiger partial charge in [-0.15, -0.1) is 0 Å². The Kier molecular flexibility index (Phi) is 11.7. The monoisotopic (exact) mass is 623 g/mol. The van der Waals surface area contributed by atoms with E-state index in [2.05, 4.69) is 13.0 Å². The number of aliphatic hydroxyl groups is 3. The maximum atomic E-state index is 13.6. The molecule has 1 heterocycles. The fourth-order valence-corrected chi connectivity index (χ4v) is 6.27. The summed E-state index contributed by atoms with van der Waals surface area (Å²) in [6.45, 7) is 1.78. The van der Waals surface area contributed by atoms with Crippen LogP contribution in [0.15, 0.2) is 72.5 Å². The number of carbonyl (C=O) groups is 3. The lowest BCUT2D eigenvalue weighted by atomic mass is 9.76. The van der Waals surface area contributed by atoms with Crippen molar-refractivity contribution in [3.05, 3.63) is 95.0 Å². The topological polar surface area (TPSA) is 156 Å². The highest BCUT2D eigenvalue weighted by Gasteiger charge is 2.49. The van der Waals surface area contributed by atoms with Crippen molar-refractivity contribution < 1.29 is 44.3 Å². The van der Waals surface area contributed by atoms with Crippen LogP contribution in [-0.4, -0.2) is 61.0 Å². The molecule has 6 unspecified atom stereocenters. The molecular formula is C35H42FNO8. The molecule has 2 aromatic rings. The number of allylic oxidation sites excluding steroid dienone is 3. The lowest BCUT2D eigenvalue weighted by Crippen LogP contribution is -2.54. The zero-order valence-corrected chi connectivity index (χ0v) is 25.3. The summed E-state index contributed by atoms with van der Waals surface area (Å²) in [5, 5.41) is 47.9. The first-order chi connectivity index (χ1) is 21.5. The van der Waals surface area contributed by atoms with Crippen LogP contribution in [0.25, 0.3) is 0 Å². The molecule has 9 nitrogen and oxygen atoms in total. The van der Waals surface area contributed by atoms with Gasteiger partial charge in [0.15, 0.2) is 5.92 Å². The minimum absolute atomic E-state index is 0.0222. The van der Waals surface area contributed by atoms with Crippen molar-refractivity contribution in [2.75, 3.05) is 6.61 Å². The molecule has 5 N–H and O–H groups in total. The highest BCUT2D eigenvalue weighted by atomic mass is 19.1. The third-order valence-corrected chi connectivity index (χ3v) is 9.04. The molecule has 10 heteroatoms. The molecule has 2 aromatic carbocycles. The van der Waals surface area contributed by atoms with Crippen LogP contribution in [0.3, 0.4) is 0 Å². The van der Waals surface area contributed by atoms with Gasteiger partial charge in [-0.3, -0.25) is 14.4 Å². The normalized spacial score (nSPS) is 22.6. The number of amides is 1. The van der Waals surface area contributed by atoms with Crippen LogP contribution in [-0.2, 0) is 20.8 Å². The van der Waals surface area contributed by atoms with Crippen LogP contribution < -0.4 is 0 Å². The Labute approximate surface area is 262 Å². The molecule has 6 atom stereocenters. The minimum atomic E-state index is -1.44. The molecule has 0 aromatic heterocycles. The number of carboxylic acids is 2. The van der Waals surface area contributed by atoms with E-state index in [0.29, 0.717) is 44.1 Å². The van der Waals surface area contributed by atoms with Gasteiger partial charge in [-0.25, -0.2) is 4.39 Å². The molecule has 242 valence electrons. The molecule has 45 heavy (non-hydrogen) atoms. The maximum absolute atomic E-state index is 13.6. The van der Waals surface area contributed by atoms with Gasteiger partial charge in [0.05, 0.1) is 30.8 Å². The molecule has 4 rings (SSSR count). The summed E-state index contributed by atoms with van der Waals surface area (Å²) in [6, 6.07) is 13.1. The summed E-state index contributed by atoms with van der Waals surface area (Å²) in [6.07, 6.45) is 7.26. The average molecular weight is 624 g/mol. The summed E-state index contributed by atoms with van der Waals surface area (Å²) >= 11 is 0. The molecule has 1 aliphatic carbocycles. The third kappa shape index (κ3) is 8.45. The van der Waals surface area contributed by atoms with Crippen LogP contribution in [0.5, 0.6) is 0 Å². The molecule has 0 spiro atoms. The summed E-state index contributed by atoms with van der Waals surface area (Å²) < 4.78 is 13.4. The van der Waals surface area contributed by atoms with Gasteiger partial charge in [-0.2, -0.15) is 0 Å². The van der Waals surface area contributed by atoms with E-state index < -0.39 is 35.9 Å². The van der Waals surface area contributed by atoms with E-state index in [9.17, 15) is 29.0 Å². The molecule has 1 aliphatic heterocycles. The first kappa shape index (κ1) is 34.0. The second-order valence-corrected chi connectivity index (χ2v) is 12.2. The quantitative estimate of drug-likeness (QED) is 0.132. The fourth-order valence-electron chi connectivity index (χ4n) is 6.27. The Morgan fingerprint density at radius 1 is 0.933 bits per heavy atom. The van der Waals surface area contributed by atoms with E-state index in [1.807, 2.05) is 36.4 Å². The summed E-state index contributed by atoms with van der Waals surface area (Å²) in [4.78, 5) is 37.8. The van der Waals surface area contributed by atoms with Crippen molar-refractivity contribution in [3.8, 4) is 0 Å². The van der Waals surface area contributed by atoms with E-state index in [4.69, 9.17) is 15.3 Å². The smallest absolute Gasteiger partial charge is 0.317 e. The SMILES string of the molecule is CC1C=C(N2C(=O)C(CCC(O)c3ccc(F)cc3)C2c2ccc(CCCC(C(=O)O)C(=O)O)cc2)C=CC1CCC(O)CO. The number of aliphatic hydroxyl groups excluding tert-OH is 3. The number of likely N-dealkylation sites (tertiary alicyclic amines) is 1. The van der Waals surface area contributed by atoms with Crippen molar-refractivity contribution in [2.24, 2.45) is 23.7 Å². The van der Waals surface area contributed by atoms with E-state index >= 15 is 0 Å². The highest BCUT2D eigenvalue weighted by Crippen LogP contribution is 2.47. The lowest BCUT2D eigenvalue weighted by Gasteiger charge is -2.49. The number of carboxylic acid groups (broad SMARTS) is 2. The molecule has 2 aliphatic rings. The van der Waals surface area contributed by atoms with Crippen molar-refractivity contribution in [3.63, 3.8) is 0 Å². The van der Waals surface area contributed by atoms with E-state index in [-0.39, 0.29) is 42.7 Å². The zero-order chi connectivity index (χ0) is 32.7. The average Bonchev–Trinajstić information content (AvgIpc) is 3.01. The van der Waals surface area contributed by atoms with Crippen molar-refractivity contribution in [1.82, 2.24) is 4.90 Å². The first-order valence-electron chi connectivity index (χ1n) is 15.5. The lowest BCUT2D eigenvalue weighted by molar-refractivity contribution is -0.155. The third-order valence-electron chi connectivity index (χ3n) is 9.04. The Balaban J connectivity index is 1.49. The molecular weight excluding hydrogens is 581 g/mol. The summed E-state index contributed by atoms with van der Waals surface area (Å²) in [5.41, 5.74) is 3.19. The number of nitrogens with zero attached hydrogens (tertiary/aromatic N) is 1. The molecule has 1 amide bonds. The number of halogens is 1. The molecule has 1 fully saturated rings. The second-order valence-electron chi connectivity index (χ2n) is 12.2. The van der Waals surface area contributed by atoms with Crippen LogP contribution in [0.2, 0.25) is 0 Å². The predicted octanol–water partition coefficient (Wildman–Crippen LogP) is 4.79. The summed E-state index contributed by atoms with van der Waals surface area (Å²) in [5.74, 6) is -4.71. The van der Waals surface area contributed by atoms with Gasteiger partial charge in [-0.05, 0) is 91.7 Å². The second kappa shape index (κ2) is 15.4. The fraction of sp³-hybridized carbons (Fsp3) is 0.457. The molecule has 0 bridgehead atoms. The van der Waals surface area contributed by atoms with Gasteiger partial charge in [0.2, 0.25) is 5.91 Å². The minimum Gasteiger partial charge on any atom is -0.481 e. The van der Waals surface area contributed by atoms with Crippen molar-refractivity contribution >= 4 is 17.8 Å². The molecule has 1 saturated heterocycles. The number of hydrogen-bond acceptors (Lipinski definition) is 6. The highest BCUT2D eigenvalue weighted by molar-refractivity contribution is 5.92. The van der Waals surface area contributed by atoms with Gasteiger partial charge in [0, 0.05) is 5.70 Å². The Bertz CT molecular complexity index is 1380. The largest absolute Gasteiger partial charge is 0.481 e. The van der Waals surface area contributed by atoms with Crippen molar-refractivity contribution in [1.29, 1.82) is 0 Å². The van der Waals surface area contributed by atoms with Crippen LogP contribution in [0, 0.1) is 29.5 Å². The van der Waals surface area contributed by atoms with E-state index in [1.165, 1.54) is 24.3 Å². The van der Waals surface area contributed by atoms with E-state index in [0.717, 1.165) is 16.8 Å². The van der Waals surface area contributed by atoms with Crippen LogP contribution in [0.4, 0.5) is 4.39 Å².